The van der Waals surface area contributed by atoms with Gasteiger partial charge in [0.25, 0.3) is 11.5 Å². The van der Waals surface area contributed by atoms with E-state index in [2.05, 4.69) is 24.3 Å². The molecule has 0 spiro atoms. The fourth-order valence-corrected chi connectivity index (χ4v) is 3.90. The normalized spacial score (nSPS) is 12.5. The SMILES string of the molecule is Cc1sc2ncn(NC(=O)C(C)OCCC(C)C)c(=O)c2c1-c1ccccc1. The molecule has 0 aliphatic heterocycles. The van der Waals surface area contributed by atoms with Crippen molar-refractivity contribution in [1.82, 2.24) is 9.66 Å². The van der Waals surface area contributed by atoms with Crippen molar-refractivity contribution in [3.8, 4) is 11.1 Å². The number of carbonyl (C=O) groups excluding carboxylic acids is 1. The highest BCUT2D eigenvalue weighted by atomic mass is 32.1. The maximum atomic E-state index is 13.1. The molecule has 0 aliphatic rings. The summed E-state index contributed by atoms with van der Waals surface area (Å²) in [6.45, 7) is 8.35. The summed E-state index contributed by atoms with van der Waals surface area (Å²) in [5.41, 5.74) is 4.14. The molecular formula is C21H25N3O3S. The number of ether oxygens (including phenoxy) is 1. The Morgan fingerprint density at radius 3 is 2.64 bits per heavy atom. The summed E-state index contributed by atoms with van der Waals surface area (Å²) in [4.78, 5) is 31.5. The molecule has 3 aromatic rings. The fourth-order valence-electron chi connectivity index (χ4n) is 2.90. The first-order valence-corrected chi connectivity index (χ1v) is 10.2. The molecule has 0 saturated heterocycles. The van der Waals surface area contributed by atoms with Gasteiger partial charge in [-0.15, -0.1) is 11.3 Å². The lowest BCUT2D eigenvalue weighted by Crippen LogP contribution is -2.39. The number of rotatable bonds is 7. The smallest absolute Gasteiger partial charge is 0.281 e. The first kappa shape index (κ1) is 20.2. The zero-order valence-electron chi connectivity index (χ0n) is 16.6. The van der Waals surface area contributed by atoms with Gasteiger partial charge in [-0.1, -0.05) is 44.2 Å². The third kappa shape index (κ3) is 4.31. The molecule has 1 N–H and O–H groups in total. The van der Waals surface area contributed by atoms with Crippen LogP contribution >= 0.6 is 11.3 Å². The Hall–Kier alpha value is -2.51. The second kappa shape index (κ2) is 8.67. The summed E-state index contributed by atoms with van der Waals surface area (Å²) in [6, 6.07) is 9.74. The number of aryl methyl sites for hydroxylation is 1. The van der Waals surface area contributed by atoms with Crippen LogP contribution in [0.25, 0.3) is 21.3 Å². The van der Waals surface area contributed by atoms with Crippen molar-refractivity contribution >= 4 is 27.5 Å². The van der Waals surface area contributed by atoms with Gasteiger partial charge in [0.15, 0.2) is 0 Å². The molecule has 1 atom stereocenters. The van der Waals surface area contributed by atoms with Crippen LogP contribution in [0.3, 0.4) is 0 Å². The molecular weight excluding hydrogens is 374 g/mol. The predicted molar refractivity (Wildman–Crippen MR) is 113 cm³/mol. The number of fused-ring (bicyclic) bond motifs is 1. The molecule has 0 saturated carbocycles. The van der Waals surface area contributed by atoms with Gasteiger partial charge < -0.3 is 4.74 Å². The van der Waals surface area contributed by atoms with Crippen molar-refractivity contribution in [2.24, 2.45) is 5.92 Å². The van der Waals surface area contributed by atoms with Gasteiger partial charge in [0.1, 0.15) is 17.3 Å². The van der Waals surface area contributed by atoms with Gasteiger partial charge in [-0.05, 0) is 31.7 Å². The lowest BCUT2D eigenvalue weighted by atomic mass is 10.0. The standard InChI is InChI=1S/C21H25N3O3S/c1-13(2)10-11-27-14(3)19(25)23-24-12-22-20-18(21(24)26)17(15(4)28-20)16-8-6-5-7-9-16/h5-9,12-14H,10-11H2,1-4H3,(H,23,25). The van der Waals surface area contributed by atoms with Crippen LogP contribution in [-0.4, -0.2) is 28.3 Å². The van der Waals surface area contributed by atoms with Crippen LogP contribution in [0.2, 0.25) is 0 Å². The number of amides is 1. The highest BCUT2D eigenvalue weighted by Crippen LogP contribution is 2.35. The molecule has 0 bridgehead atoms. The molecule has 1 aromatic carbocycles. The lowest BCUT2D eigenvalue weighted by Gasteiger charge is -2.15. The van der Waals surface area contributed by atoms with E-state index < -0.39 is 6.10 Å². The predicted octanol–water partition coefficient (Wildman–Crippen LogP) is 3.95. The Bertz CT molecular complexity index is 1020. The van der Waals surface area contributed by atoms with Crippen LogP contribution in [0.1, 0.15) is 32.1 Å². The monoisotopic (exact) mass is 399 g/mol. The van der Waals surface area contributed by atoms with Crippen LogP contribution in [0, 0.1) is 12.8 Å². The Morgan fingerprint density at radius 1 is 1.25 bits per heavy atom. The molecule has 0 radical (unpaired) electrons. The number of carbonyl (C=O) groups is 1. The number of nitrogens with zero attached hydrogens (tertiary/aromatic N) is 2. The average Bonchev–Trinajstić information content (AvgIpc) is 3.01. The Morgan fingerprint density at radius 2 is 1.96 bits per heavy atom. The minimum absolute atomic E-state index is 0.295. The minimum Gasteiger partial charge on any atom is -0.369 e. The number of hydrogen-bond donors (Lipinski definition) is 1. The quantitative estimate of drug-likeness (QED) is 0.653. The van der Waals surface area contributed by atoms with Gasteiger partial charge in [-0.2, -0.15) is 0 Å². The van der Waals surface area contributed by atoms with E-state index in [4.69, 9.17) is 4.74 Å². The molecule has 6 nitrogen and oxygen atoms in total. The van der Waals surface area contributed by atoms with Gasteiger partial charge in [0.2, 0.25) is 0 Å². The van der Waals surface area contributed by atoms with Crippen LogP contribution < -0.4 is 11.0 Å². The van der Waals surface area contributed by atoms with E-state index in [1.807, 2.05) is 37.3 Å². The van der Waals surface area contributed by atoms with Gasteiger partial charge in [-0.3, -0.25) is 15.0 Å². The summed E-state index contributed by atoms with van der Waals surface area (Å²) < 4.78 is 6.71. The van der Waals surface area contributed by atoms with Gasteiger partial charge >= 0.3 is 0 Å². The lowest BCUT2D eigenvalue weighted by molar-refractivity contribution is -0.127. The van der Waals surface area contributed by atoms with E-state index in [9.17, 15) is 9.59 Å². The van der Waals surface area contributed by atoms with E-state index >= 15 is 0 Å². The highest BCUT2D eigenvalue weighted by Gasteiger charge is 2.19. The number of nitrogens with one attached hydrogen (secondary N) is 1. The second-order valence-electron chi connectivity index (χ2n) is 7.17. The fraction of sp³-hybridized carbons (Fsp3) is 0.381. The van der Waals surface area contributed by atoms with Crippen molar-refractivity contribution in [2.45, 2.75) is 40.2 Å². The molecule has 7 heteroatoms. The van der Waals surface area contributed by atoms with Gasteiger partial charge in [0, 0.05) is 17.0 Å². The molecule has 3 rings (SSSR count). The summed E-state index contributed by atoms with van der Waals surface area (Å²) in [7, 11) is 0. The second-order valence-corrected chi connectivity index (χ2v) is 8.37. The molecule has 1 unspecified atom stereocenters. The number of hydrogen-bond acceptors (Lipinski definition) is 5. The van der Waals surface area contributed by atoms with Crippen molar-refractivity contribution in [3.63, 3.8) is 0 Å². The average molecular weight is 400 g/mol. The van der Waals surface area contributed by atoms with E-state index in [1.165, 1.54) is 17.7 Å². The number of benzene rings is 1. The maximum absolute atomic E-state index is 13.1. The minimum atomic E-state index is -0.654. The third-order valence-corrected chi connectivity index (χ3v) is 5.53. The third-order valence-electron chi connectivity index (χ3n) is 4.51. The van der Waals surface area contributed by atoms with E-state index in [0.29, 0.717) is 22.7 Å². The molecule has 2 aromatic heterocycles. The van der Waals surface area contributed by atoms with Crippen molar-refractivity contribution in [1.29, 1.82) is 0 Å². The summed E-state index contributed by atoms with van der Waals surface area (Å²) in [6.07, 6.45) is 1.58. The first-order valence-electron chi connectivity index (χ1n) is 9.37. The van der Waals surface area contributed by atoms with E-state index in [1.54, 1.807) is 6.92 Å². The number of thiophene rings is 1. The largest absolute Gasteiger partial charge is 0.369 e. The van der Waals surface area contributed by atoms with Gasteiger partial charge in [-0.25, -0.2) is 9.66 Å². The summed E-state index contributed by atoms with van der Waals surface area (Å²) in [5, 5.41) is 0.518. The molecule has 0 aliphatic carbocycles. The van der Waals surface area contributed by atoms with Crippen LogP contribution in [0.5, 0.6) is 0 Å². The Balaban J connectivity index is 1.88. The van der Waals surface area contributed by atoms with Crippen molar-refractivity contribution < 1.29 is 9.53 Å². The summed E-state index contributed by atoms with van der Waals surface area (Å²) in [5.74, 6) is 0.128. The molecule has 1 amide bonds. The summed E-state index contributed by atoms with van der Waals surface area (Å²) >= 11 is 1.47. The topological polar surface area (TPSA) is 73.2 Å². The van der Waals surface area contributed by atoms with Crippen LogP contribution in [0.15, 0.2) is 41.5 Å². The zero-order valence-corrected chi connectivity index (χ0v) is 17.4. The Labute approximate surface area is 168 Å². The van der Waals surface area contributed by atoms with E-state index in [0.717, 1.165) is 27.1 Å². The van der Waals surface area contributed by atoms with Crippen molar-refractivity contribution in [2.75, 3.05) is 12.0 Å². The first-order chi connectivity index (χ1) is 13.4. The van der Waals surface area contributed by atoms with Crippen LogP contribution in [-0.2, 0) is 9.53 Å². The van der Waals surface area contributed by atoms with E-state index in [-0.39, 0.29) is 11.5 Å². The Kier molecular flexibility index (Phi) is 6.26. The number of aromatic nitrogens is 2. The molecule has 0 fully saturated rings. The molecule has 28 heavy (non-hydrogen) atoms. The van der Waals surface area contributed by atoms with Crippen LogP contribution in [0.4, 0.5) is 0 Å². The maximum Gasteiger partial charge on any atom is 0.281 e. The molecule has 148 valence electrons. The molecule has 2 heterocycles. The van der Waals surface area contributed by atoms with Gasteiger partial charge in [0.05, 0.1) is 5.39 Å². The zero-order chi connectivity index (χ0) is 20.3. The van der Waals surface area contributed by atoms with Crippen molar-refractivity contribution in [3.05, 3.63) is 51.9 Å². The highest BCUT2D eigenvalue weighted by molar-refractivity contribution is 7.19.